The molecular formula is C9H18N2. The fourth-order valence-corrected chi connectivity index (χ4v) is 0.714. The van der Waals surface area contributed by atoms with Gasteiger partial charge in [0, 0.05) is 24.2 Å². The van der Waals surface area contributed by atoms with E-state index in [-0.39, 0.29) is 0 Å². The van der Waals surface area contributed by atoms with Crippen LogP contribution in [0.3, 0.4) is 0 Å². The van der Waals surface area contributed by atoms with E-state index in [9.17, 15) is 0 Å². The third-order valence-corrected chi connectivity index (χ3v) is 1.50. The van der Waals surface area contributed by atoms with Crippen LogP contribution in [0.15, 0.2) is 16.9 Å². The molecule has 0 aromatic heterocycles. The Bertz CT molecular complexity index is 148. The topological polar surface area (TPSA) is 24.4 Å². The first-order valence-corrected chi connectivity index (χ1v) is 4.11. The maximum atomic E-state index is 4.01. The van der Waals surface area contributed by atoms with Crippen LogP contribution in [0.25, 0.3) is 0 Å². The van der Waals surface area contributed by atoms with Gasteiger partial charge in [0.2, 0.25) is 0 Å². The molecule has 1 atom stereocenters. The van der Waals surface area contributed by atoms with Crippen LogP contribution in [0.1, 0.15) is 34.1 Å². The van der Waals surface area contributed by atoms with Gasteiger partial charge in [0.1, 0.15) is 0 Å². The maximum Gasteiger partial charge on any atom is 0.0450 e. The Hall–Kier alpha value is -0.790. The third kappa shape index (κ3) is 5.64. The molecule has 0 amide bonds. The summed E-state index contributed by atoms with van der Waals surface area (Å²) in [4.78, 5) is 4.01. The van der Waals surface area contributed by atoms with E-state index in [1.165, 1.54) is 0 Å². The average molecular weight is 154 g/mol. The van der Waals surface area contributed by atoms with Gasteiger partial charge in [-0.2, -0.15) is 0 Å². The fourth-order valence-electron chi connectivity index (χ4n) is 0.714. The van der Waals surface area contributed by atoms with Gasteiger partial charge >= 0.3 is 0 Å². The van der Waals surface area contributed by atoms with E-state index in [1.807, 2.05) is 20.0 Å². The van der Waals surface area contributed by atoms with Crippen molar-refractivity contribution in [3.63, 3.8) is 0 Å². The molecule has 0 spiro atoms. The Morgan fingerprint density at radius 3 is 2.73 bits per heavy atom. The van der Waals surface area contributed by atoms with Crippen molar-refractivity contribution < 1.29 is 0 Å². The third-order valence-electron chi connectivity index (χ3n) is 1.50. The van der Waals surface area contributed by atoms with E-state index in [4.69, 9.17) is 0 Å². The van der Waals surface area contributed by atoms with E-state index in [2.05, 4.69) is 24.2 Å². The van der Waals surface area contributed by atoms with Gasteiger partial charge in [-0.25, -0.2) is 0 Å². The van der Waals surface area contributed by atoms with Crippen LogP contribution in [0.5, 0.6) is 0 Å². The molecule has 0 aromatic rings. The van der Waals surface area contributed by atoms with E-state index in [0.29, 0.717) is 6.04 Å². The molecule has 0 aliphatic carbocycles. The summed E-state index contributed by atoms with van der Waals surface area (Å²) >= 11 is 0. The normalized spacial score (nSPS) is 15.5. The molecule has 0 aliphatic rings. The summed E-state index contributed by atoms with van der Waals surface area (Å²) in [5.74, 6) is 0. The molecule has 0 fully saturated rings. The number of allylic oxidation sites excluding steroid dienone is 1. The first kappa shape index (κ1) is 10.2. The summed E-state index contributed by atoms with van der Waals surface area (Å²) in [7, 11) is 0. The molecule has 11 heavy (non-hydrogen) atoms. The Labute approximate surface area is 69.4 Å². The lowest BCUT2D eigenvalue weighted by Gasteiger charge is -2.11. The van der Waals surface area contributed by atoms with Crippen molar-refractivity contribution >= 4 is 6.21 Å². The fraction of sp³-hybridized carbons (Fsp3) is 0.667. The Morgan fingerprint density at radius 2 is 2.27 bits per heavy atom. The number of hydrogen-bond acceptors (Lipinski definition) is 2. The molecule has 0 radical (unpaired) electrons. The monoisotopic (exact) mass is 154 g/mol. The molecule has 2 nitrogen and oxygen atoms in total. The Balaban J connectivity index is 3.75. The lowest BCUT2D eigenvalue weighted by atomic mass is 10.2. The van der Waals surface area contributed by atoms with Crippen LogP contribution >= 0.6 is 0 Å². The van der Waals surface area contributed by atoms with Crippen molar-refractivity contribution in [2.24, 2.45) is 4.99 Å². The molecule has 2 heteroatoms. The van der Waals surface area contributed by atoms with E-state index in [0.717, 1.165) is 12.1 Å². The number of nitrogens with one attached hydrogen (secondary N) is 1. The van der Waals surface area contributed by atoms with Crippen molar-refractivity contribution in [2.75, 3.05) is 0 Å². The molecule has 0 saturated carbocycles. The minimum atomic E-state index is 0.540. The van der Waals surface area contributed by atoms with Gasteiger partial charge in [-0.15, -0.1) is 0 Å². The Kier molecular flexibility index (Phi) is 5.53. The van der Waals surface area contributed by atoms with Crippen LogP contribution in [-0.2, 0) is 0 Å². The quantitative estimate of drug-likeness (QED) is 0.617. The van der Waals surface area contributed by atoms with E-state index >= 15 is 0 Å². The minimum Gasteiger partial charge on any atom is -0.385 e. The zero-order chi connectivity index (χ0) is 8.69. The first-order chi connectivity index (χ1) is 5.20. The van der Waals surface area contributed by atoms with E-state index < -0.39 is 0 Å². The highest BCUT2D eigenvalue weighted by Gasteiger charge is 1.94. The summed E-state index contributed by atoms with van der Waals surface area (Å²) in [6.07, 6.45) is 4.76. The van der Waals surface area contributed by atoms with Gasteiger partial charge < -0.3 is 5.32 Å². The standard InChI is InChI=1S/C9H18N2/c1-5-8(3)11-9(4)7-10-6-2/h6-8,11H,5H2,1-4H3/b9-7-,10-6-. The molecule has 0 saturated heterocycles. The lowest BCUT2D eigenvalue weighted by Crippen LogP contribution is -2.22. The van der Waals surface area contributed by atoms with Crippen LogP contribution in [0, 0.1) is 0 Å². The first-order valence-electron chi connectivity index (χ1n) is 4.11. The highest BCUT2D eigenvalue weighted by atomic mass is 14.9. The van der Waals surface area contributed by atoms with Crippen molar-refractivity contribution in [3.05, 3.63) is 11.9 Å². The molecule has 1 N–H and O–H groups in total. The number of aliphatic imine (C=N–C) groups is 1. The van der Waals surface area contributed by atoms with Gasteiger partial charge in [-0.3, -0.25) is 4.99 Å². The number of nitrogens with zero attached hydrogens (tertiary/aromatic N) is 1. The summed E-state index contributed by atoms with van der Waals surface area (Å²) in [6.45, 7) is 8.26. The van der Waals surface area contributed by atoms with Gasteiger partial charge in [0.05, 0.1) is 0 Å². The van der Waals surface area contributed by atoms with Crippen LogP contribution in [0.4, 0.5) is 0 Å². The second-order valence-electron chi connectivity index (χ2n) is 2.67. The summed E-state index contributed by atoms with van der Waals surface area (Å²) in [6, 6.07) is 0.540. The molecule has 0 heterocycles. The average Bonchev–Trinajstić information content (AvgIpc) is 2.00. The van der Waals surface area contributed by atoms with Crippen molar-refractivity contribution in [2.45, 2.75) is 40.2 Å². The molecule has 0 aliphatic heterocycles. The lowest BCUT2D eigenvalue weighted by molar-refractivity contribution is 0.595. The van der Waals surface area contributed by atoms with E-state index in [1.54, 1.807) is 6.21 Å². The second-order valence-corrected chi connectivity index (χ2v) is 2.67. The smallest absolute Gasteiger partial charge is 0.0450 e. The predicted octanol–water partition coefficient (Wildman–Crippen LogP) is 2.33. The highest BCUT2D eigenvalue weighted by molar-refractivity contribution is 5.54. The second kappa shape index (κ2) is 5.96. The number of rotatable bonds is 4. The largest absolute Gasteiger partial charge is 0.385 e. The van der Waals surface area contributed by atoms with Crippen LogP contribution in [0.2, 0.25) is 0 Å². The molecule has 0 bridgehead atoms. The molecule has 0 aromatic carbocycles. The van der Waals surface area contributed by atoms with Crippen molar-refractivity contribution in [3.8, 4) is 0 Å². The van der Waals surface area contributed by atoms with Gasteiger partial charge in [0.25, 0.3) is 0 Å². The molecule has 64 valence electrons. The Morgan fingerprint density at radius 1 is 1.64 bits per heavy atom. The predicted molar refractivity (Wildman–Crippen MR) is 50.8 cm³/mol. The van der Waals surface area contributed by atoms with Gasteiger partial charge in [-0.1, -0.05) is 6.92 Å². The number of hydrogen-bond donors (Lipinski definition) is 1. The molecule has 0 rings (SSSR count). The minimum absolute atomic E-state index is 0.540. The van der Waals surface area contributed by atoms with Gasteiger partial charge in [-0.05, 0) is 27.2 Å². The summed E-state index contributed by atoms with van der Waals surface area (Å²) < 4.78 is 0. The SMILES string of the molecule is C/C=N\C=C(\C)NC(C)CC. The highest BCUT2D eigenvalue weighted by Crippen LogP contribution is 1.94. The van der Waals surface area contributed by atoms with Gasteiger partial charge in [0.15, 0.2) is 0 Å². The summed E-state index contributed by atoms with van der Waals surface area (Å²) in [5, 5.41) is 3.31. The van der Waals surface area contributed by atoms with Crippen LogP contribution in [-0.4, -0.2) is 12.3 Å². The van der Waals surface area contributed by atoms with Crippen LogP contribution < -0.4 is 5.32 Å². The molecular weight excluding hydrogens is 136 g/mol. The van der Waals surface area contributed by atoms with Crippen molar-refractivity contribution in [1.29, 1.82) is 0 Å². The molecule has 1 unspecified atom stereocenters. The zero-order valence-electron chi connectivity index (χ0n) is 7.89. The summed E-state index contributed by atoms with van der Waals surface area (Å²) in [5.41, 5.74) is 1.12. The zero-order valence-corrected chi connectivity index (χ0v) is 7.89. The maximum absolute atomic E-state index is 4.01. The van der Waals surface area contributed by atoms with Crippen molar-refractivity contribution in [1.82, 2.24) is 5.32 Å².